The highest BCUT2D eigenvalue weighted by molar-refractivity contribution is 5.96. The Morgan fingerprint density at radius 1 is 1.42 bits per heavy atom. The van der Waals surface area contributed by atoms with Crippen molar-refractivity contribution in [1.82, 2.24) is 9.78 Å². The van der Waals surface area contributed by atoms with E-state index in [0.29, 0.717) is 5.56 Å². The van der Waals surface area contributed by atoms with Gasteiger partial charge in [-0.3, -0.25) is 9.48 Å². The number of carbonyl (C=O) groups excluding carboxylic acids is 1. The molecule has 1 amide bonds. The first-order valence-corrected chi connectivity index (χ1v) is 6.09. The highest BCUT2D eigenvalue weighted by atomic mass is 16.2. The maximum Gasteiger partial charge on any atom is 0.246 e. The Labute approximate surface area is 112 Å². The number of amides is 1. The van der Waals surface area contributed by atoms with Crippen LogP contribution in [0.5, 0.6) is 0 Å². The fourth-order valence-corrected chi connectivity index (χ4v) is 1.83. The quantitative estimate of drug-likeness (QED) is 0.879. The van der Waals surface area contributed by atoms with Crippen LogP contribution >= 0.6 is 0 Å². The van der Waals surface area contributed by atoms with Gasteiger partial charge in [-0.05, 0) is 31.0 Å². The molecule has 2 rings (SSSR count). The van der Waals surface area contributed by atoms with Gasteiger partial charge >= 0.3 is 0 Å². The van der Waals surface area contributed by atoms with Crippen LogP contribution in [0.4, 0.5) is 5.69 Å². The zero-order chi connectivity index (χ0) is 14.0. The highest BCUT2D eigenvalue weighted by Gasteiger charge is 2.18. The molecule has 1 aromatic heterocycles. The first kappa shape index (κ1) is 13.3. The Morgan fingerprint density at radius 2 is 2.16 bits per heavy atom. The van der Waals surface area contributed by atoms with Gasteiger partial charge in [0.25, 0.3) is 0 Å². The molecule has 0 bridgehead atoms. The number of benzene rings is 1. The lowest BCUT2D eigenvalue weighted by molar-refractivity contribution is -0.117. The first-order valence-electron chi connectivity index (χ1n) is 6.09. The van der Waals surface area contributed by atoms with Crippen molar-refractivity contribution in [1.29, 1.82) is 0 Å². The molecule has 0 fully saturated rings. The highest BCUT2D eigenvalue weighted by Crippen LogP contribution is 2.18. The molecule has 0 spiro atoms. The van der Waals surface area contributed by atoms with Crippen molar-refractivity contribution in [3.8, 4) is 0 Å². The fraction of sp³-hybridized carbons (Fsp3) is 0.286. The molecular formula is C14H18N4O. The van der Waals surface area contributed by atoms with Crippen LogP contribution in [-0.2, 0) is 11.8 Å². The zero-order valence-electron chi connectivity index (χ0n) is 11.3. The van der Waals surface area contributed by atoms with E-state index in [9.17, 15) is 4.79 Å². The number of nitrogens with zero attached hydrogens (tertiary/aromatic N) is 2. The predicted molar refractivity (Wildman–Crippen MR) is 74.7 cm³/mol. The minimum absolute atomic E-state index is 0.235. The van der Waals surface area contributed by atoms with Crippen LogP contribution in [0, 0.1) is 13.8 Å². The normalized spacial score (nSPS) is 12.2. The fourth-order valence-electron chi connectivity index (χ4n) is 1.83. The van der Waals surface area contributed by atoms with Crippen molar-refractivity contribution >= 4 is 11.6 Å². The Hall–Kier alpha value is -2.14. The zero-order valence-corrected chi connectivity index (χ0v) is 11.3. The summed E-state index contributed by atoms with van der Waals surface area (Å²) in [5.74, 6) is -0.235. The van der Waals surface area contributed by atoms with Gasteiger partial charge in [0.15, 0.2) is 0 Å². The minimum atomic E-state index is -0.714. The lowest BCUT2D eigenvalue weighted by Gasteiger charge is -2.13. The summed E-state index contributed by atoms with van der Waals surface area (Å²) in [5.41, 5.74) is 9.52. The number of anilines is 1. The van der Waals surface area contributed by atoms with Gasteiger partial charge in [-0.1, -0.05) is 12.1 Å². The third-order valence-corrected chi connectivity index (χ3v) is 3.02. The molecule has 3 N–H and O–H groups in total. The van der Waals surface area contributed by atoms with Crippen LogP contribution in [-0.4, -0.2) is 15.7 Å². The van der Waals surface area contributed by atoms with Crippen LogP contribution in [0.25, 0.3) is 0 Å². The van der Waals surface area contributed by atoms with Gasteiger partial charge in [0.05, 0.1) is 6.20 Å². The molecule has 0 saturated heterocycles. The average molecular weight is 258 g/mol. The summed E-state index contributed by atoms with van der Waals surface area (Å²) < 4.78 is 1.63. The summed E-state index contributed by atoms with van der Waals surface area (Å²) in [6, 6.07) is 5.20. The number of aryl methyl sites for hydroxylation is 3. The molecule has 2 aromatic rings. The van der Waals surface area contributed by atoms with Crippen LogP contribution < -0.4 is 11.1 Å². The van der Waals surface area contributed by atoms with Gasteiger partial charge < -0.3 is 11.1 Å². The van der Waals surface area contributed by atoms with Gasteiger partial charge in [0.2, 0.25) is 5.91 Å². The van der Waals surface area contributed by atoms with E-state index in [0.717, 1.165) is 16.8 Å². The van der Waals surface area contributed by atoms with E-state index in [1.54, 1.807) is 24.1 Å². The summed E-state index contributed by atoms with van der Waals surface area (Å²) in [7, 11) is 1.79. The lowest BCUT2D eigenvalue weighted by atomic mass is 10.1. The number of nitrogens with two attached hydrogens (primary N) is 1. The minimum Gasteiger partial charge on any atom is -0.324 e. The number of hydrogen-bond acceptors (Lipinski definition) is 3. The summed E-state index contributed by atoms with van der Waals surface area (Å²) in [6.45, 7) is 3.93. The van der Waals surface area contributed by atoms with Crippen molar-refractivity contribution in [2.75, 3.05) is 5.32 Å². The molecule has 100 valence electrons. The van der Waals surface area contributed by atoms with Crippen LogP contribution in [0.1, 0.15) is 22.7 Å². The number of carbonyl (C=O) groups is 1. The molecule has 0 saturated carbocycles. The van der Waals surface area contributed by atoms with Gasteiger partial charge in [-0.15, -0.1) is 0 Å². The second-order valence-electron chi connectivity index (χ2n) is 4.73. The number of nitrogens with one attached hydrogen (secondary N) is 1. The van der Waals surface area contributed by atoms with Crippen molar-refractivity contribution < 1.29 is 4.79 Å². The van der Waals surface area contributed by atoms with E-state index >= 15 is 0 Å². The molecule has 1 heterocycles. The van der Waals surface area contributed by atoms with Crippen LogP contribution in [0.3, 0.4) is 0 Å². The third kappa shape index (κ3) is 3.00. The van der Waals surface area contributed by atoms with E-state index in [4.69, 9.17) is 5.73 Å². The maximum atomic E-state index is 12.1. The lowest BCUT2D eigenvalue weighted by Crippen LogP contribution is -2.27. The SMILES string of the molecule is Cc1ccc(C)c(NC(=O)C(N)c2cnn(C)c2)c1. The Morgan fingerprint density at radius 3 is 2.79 bits per heavy atom. The van der Waals surface area contributed by atoms with Crippen LogP contribution in [0.2, 0.25) is 0 Å². The Balaban J connectivity index is 2.14. The number of aromatic nitrogens is 2. The summed E-state index contributed by atoms with van der Waals surface area (Å²) in [5, 5.41) is 6.87. The van der Waals surface area contributed by atoms with Gasteiger partial charge in [-0.2, -0.15) is 5.10 Å². The Kier molecular flexibility index (Phi) is 3.66. The van der Waals surface area contributed by atoms with Crippen molar-refractivity contribution in [3.63, 3.8) is 0 Å². The van der Waals surface area contributed by atoms with Crippen LogP contribution in [0.15, 0.2) is 30.6 Å². The first-order chi connectivity index (χ1) is 8.97. The van der Waals surface area contributed by atoms with E-state index in [1.807, 2.05) is 32.0 Å². The monoisotopic (exact) mass is 258 g/mol. The molecule has 0 aliphatic rings. The Bertz CT molecular complexity index is 603. The molecule has 19 heavy (non-hydrogen) atoms. The van der Waals surface area contributed by atoms with Gasteiger partial charge in [0, 0.05) is 24.5 Å². The van der Waals surface area contributed by atoms with E-state index in [-0.39, 0.29) is 5.91 Å². The molecule has 1 unspecified atom stereocenters. The summed E-state index contributed by atoms with van der Waals surface area (Å²) in [4.78, 5) is 12.1. The molecule has 0 aliphatic carbocycles. The largest absolute Gasteiger partial charge is 0.324 e. The molecule has 5 heteroatoms. The molecule has 1 atom stereocenters. The predicted octanol–water partition coefficient (Wildman–Crippen LogP) is 1.68. The van der Waals surface area contributed by atoms with Crippen molar-refractivity contribution in [2.24, 2.45) is 12.8 Å². The van der Waals surface area contributed by atoms with Gasteiger partial charge in [0.1, 0.15) is 6.04 Å². The smallest absolute Gasteiger partial charge is 0.246 e. The maximum absolute atomic E-state index is 12.1. The number of hydrogen-bond donors (Lipinski definition) is 2. The molecule has 1 aromatic carbocycles. The van der Waals surface area contributed by atoms with E-state index < -0.39 is 6.04 Å². The topological polar surface area (TPSA) is 72.9 Å². The molecule has 5 nitrogen and oxygen atoms in total. The standard InChI is InChI=1S/C14H18N4O/c1-9-4-5-10(2)12(6-9)17-14(19)13(15)11-7-16-18(3)8-11/h4-8,13H,15H2,1-3H3,(H,17,19). The molecular weight excluding hydrogens is 240 g/mol. The number of rotatable bonds is 3. The molecule has 0 radical (unpaired) electrons. The summed E-state index contributed by atoms with van der Waals surface area (Å²) in [6.07, 6.45) is 3.35. The summed E-state index contributed by atoms with van der Waals surface area (Å²) >= 11 is 0. The third-order valence-electron chi connectivity index (χ3n) is 3.02. The average Bonchev–Trinajstić information content (AvgIpc) is 2.79. The van der Waals surface area contributed by atoms with Crippen molar-refractivity contribution in [3.05, 3.63) is 47.3 Å². The second-order valence-corrected chi connectivity index (χ2v) is 4.73. The molecule has 0 aliphatic heterocycles. The van der Waals surface area contributed by atoms with E-state index in [1.165, 1.54) is 0 Å². The van der Waals surface area contributed by atoms with Gasteiger partial charge in [-0.25, -0.2) is 0 Å². The van der Waals surface area contributed by atoms with E-state index in [2.05, 4.69) is 10.4 Å². The second kappa shape index (κ2) is 5.24. The van der Waals surface area contributed by atoms with Crippen molar-refractivity contribution in [2.45, 2.75) is 19.9 Å².